The van der Waals surface area contributed by atoms with Gasteiger partial charge in [0.25, 0.3) is 0 Å². The number of aryl methyl sites for hydroxylation is 4. The zero-order chi connectivity index (χ0) is 12.3. The number of hydrogen-bond donors (Lipinski definition) is 1. The SMILES string of the molecule is CCc1cc(CC)n(CCn2cc(N)cn2)n1. The van der Waals surface area contributed by atoms with Gasteiger partial charge in [-0.2, -0.15) is 10.2 Å². The summed E-state index contributed by atoms with van der Waals surface area (Å²) in [7, 11) is 0. The molecule has 92 valence electrons. The number of nitrogens with zero attached hydrogens (tertiary/aromatic N) is 4. The van der Waals surface area contributed by atoms with Gasteiger partial charge in [-0.25, -0.2) is 0 Å². The van der Waals surface area contributed by atoms with Gasteiger partial charge < -0.3 is 5.73 Å². The molecule has 2 aromatic heterocycles. The lowest BCUT2D eigenvalue weighted by Gasteiger charge is -2.05. The molecule has 0 radical (unpaired) electrons. The van der Waals surface area contributed by atoms with Gasteiger partial charge in [0.1, 0.15) is 0 Å². The fourth-order valence-corrected chi connectivity index (χ4v) is 1.86. The van der Waals surface area contributed by atoms with E-state index in [1.165, 1.54) is 5.69 Å². The van der Waals surface area contributed by atoms with Crippen LogP contribution in [0.25, 0.3) is 0 Å². The molecule has 2 N–H and O–H groups in total. The monoisotopic (exact) mass is 233 g/mol. The number of nitrogen functional groups attached to an aromatic ring is 1. The third kappa shape index (κ3) is 2.67. The van der Waals surface area contributed by atoms with Crippen molar-refractivity contribution in [1.29, 1.82) is 0 Å². The van der Waals surface area contributed by atoms with E-state index in [0.29, 0.717) is 5.69 Å². The lowest BCUT2D eigenvalue weighted by atomic mass is 10.3. The van der Waals surface area contributed by atoms with Crippen molar-refractivity contribution in [2.45, 2.75) is 39.8 Å². The Balaban J connectivity index is 2.05. The largest absolute Gasteiger partial charge is 0.396 e. The lowest BCUT2D eigenvalue weighted by Crippen LogP contribution is -2.11. The van der Waals surface area contributed by atoms with Crippen LogP contribution in [0.2, 0.25) is 0 Å². The zero-order valence-corrected chi connectivity index (χ0v) is 10.4. The maximum Gasteiger partial charge on any atom is 0.0719 e. The summed E-state index contributed by atoms with van der Waals surface area (Å²) in [5, 5.41) is 8.73. The normalized spacial score (nSPS) is 10.9. The van der Waals surface area contributed by atoms with Gasteiger partial charge in [-0.3, -0.25) is 9.36 Å². The molecule has 5 nitrogen and oxygen atoms in total. The summed E-state index contributed by atoms with van der Waals surface area (Å²) in [5.41, 5.74) is 8.76. The van der Waals surface area contributed by atoms with Crippen LogP contribution in [-0.2, 0) is 25.9 Å². The highest BCUT2D eigenvalue weighted by molar-refractivity contribution is 5.30. The number of hydrogen-bond acceptors (Lipinski definition) is 3. The Morgan fingerprint density at radius 1 is 1.24 bits per heavy atom. The van der Waals surface area contributed by atoms with Gasteiger partial charge in [-0.05, 0) is 18.9 Å². The maximum absolute atomic E-state index is 5.62. The van der Waals surface area contributed by atoms with Gasteiger partial charge in [-0.15, -0.1) is 0 Å². The van der Waals surface area contributed by atoms with Crippen LogP contribution in [0, 0.1) is 0 Å². The van der Waals surface area contributed by atoms with E-state index in [-0.39, 0.29) is 0 Å². The van der Waals surface area contributed by atoms with Gasteiger partial charge in [0.15, 0.2) is 0 Å². The molecule has 0 aromatic carbocycles. The summed E-state index contributed by atoms with van der Waals surface area (Å²) in [5.74, 6) is 0. The fraction of sp³-hybridized carbons (Fsp3) is 0.500. The number of anilines is 1. The standard InChI is InChI=1S/C12H19N5/c1-3-11-7-12(4-2)17(15-11)6-5-16-9-10(13)8-14-16/h7-9H,3-6,13H2,1-2H3. The molecular formula is C12H19N5. The number of nitrogens with two attached hydrogens (primary N) is 1. The zero-order valence-electron chi connectivity index (χ0n) is 10.4. The highest BCUT2D eigenvalue weighted by atomic mass is 15.3. The van der Waals surface area contributed by atoms with Crippen molar-refractivity contribution in [3.63, 3.8) is 0 Å². The van der Waals surface area contributed by atoms with Crippen LogP contribution >= 0.6 is 0 Å². The second kappa shape index (κ2) is 5.03. The summed E-state index contributed by atoms with van der Waals surface area (Å²) in [4.78, 5) is 0. The van der Waals surface area contributed by atoms with Crippen molar-refractivity contribution < 1.29 is 0 Å². The molecule has 2 heterocycles. The first kappa shape index (κ1) is 11.7. The molecule has 0 aliphatic rings. The Morgan fingerprint density at radius 3 is 2.65 bits per heavy atom. The van der Waals surface area contributed by atoms with E-state index >= 15 is 0 Å². The van der Waals surface area contributed by atoms with Crippen LogP contribution in [0.1, 0.15) is 25.2 Å². The molecule has 0 aliphatic carbocycles. The molecule has 5 heteroatoms. The smallest absolute Gasteiger partial charge is 0.0719 e. The Kier molecular flexibility index (Phi) is 3.46. The van der Waals surface area contributed by atoms with Gasteiger partial charge in [0, 0.05) is 11.9 Å². The van der Waals surface area contributed by atoms with Crippen LogP contribution in [0.3, 0.4) is 0 Å². The molecule has 2 aromatic rings. The maximum atomic E-state index is 5.62. The number of aromatic nitrogens is 4. The van der Waals surface area contributed by atoms with Crippen molar-refractivity contribution >= 4 is 5.69 Å². The quantitative estimate of drug-likeness (QED) is 0.851. The van der Waals surface area contributed by atoms with Gasteiger partial charge in [0.05, 0.1) is 30.7 Å². The van der Waals surface area contributed by atoms with Crippen LogP contribution in [0.15, 0.2) is 18.5 Å². The molecule has 0 unspecified atom stereocenters. The fourth-order valence-electron chi connectivity index (χ4n) is 1.86. The minimum atomic E-state index is 0.704. The molecule has 0 spiro atoms. The molecule has 2 rings (SSSR count). The van der Waals surface area contributed by atoms with Crippen LogP contribution in [-0.4, -0.2) is 19.6 Å². The van der Waals surface area contributed by atoms with Crippen LogP contribution in [0.5, 0.6) is 0 Å². The van der Waals surface area contributed by atoms with Crippen molar-refractivity contribution in [1.82, 2.24) is 19.6 Å². The molecule has 0 amide bonds. The Labute approximate surface area is 101 Å². The van der Waals surface area contributed by atoms with E-state index in [2.05, 4.69) is 34.8 Å². The topological polar surface area (TPSA) is 61.7 Å². The summed E-state index contributed by atoms with van der Waals surface area (Å²) in [6.07, 6.45) is 5.50. The number of rotatable bonds is 5. The average molecular weight is 233 g/mol. The first-order valence-corrected chi connectivity index (χ1v) is 6.06. The van der Waals surface area contributed by atoms with Gasteiger partial charge >= 0.3 is 0 Å². The van der Waals surface area contributed by atoms with Crippen LogP contribution < -0.4 is 5.73 Å². The molecule has 0 saturated carbocycles. The summed E-state index contributed by atoms with van der Waals surface area (Å²) in [6.45, 7) is 5.92. The molecular weight excluding hydrogens is 214 g/mol. The van der Waals surface area contributed by atoms with Crippen LogP contribution in [0.4, 0.5) is 5.69 Å². The highest BCUT2D eigenvalue weighted by Gasteiger charge is 2.05. The Hall–Kier alpha value is -1.78. The predicted molar refractivity (Wildman–Crippen MR) is 67.6 cm³/mol. The van der Waals surface area contributed by atoms with Gasteiger partial charge in [-0.1, -0.05) is 13.8 Å². The lowest BCUT2D eigenvalue weighted by molar-refractivity contribution is 0.485. The third-order valence-corrected chi connectivity index (χ3v) is 2.83. The average Bonchev–Trinajstić information content (AvgIpc) is 2.92. The minimum absolute atomic E-state index is 0.704. The van der Waals surface area contributed by atoms with E-state index in [9.17, 15) is 0 Å². The highest BCUT2D eigenvalue weighted by Crippen LogP contribution is 2.07. The Bertz CT molecular complexity index is 483. The molecule has 0 fully saturated rings. The molecule has 0 aliphatic heterocycles. The molecule has 0 bridgehead atoms. The molecule has 0 atom stereocenters. The second-order valence-corrected chi connectivity index (χ2v) is 4.09. The van der Waals surface area contributed by atoms with E-state index in [4.69, 9.17) is 5.73 Å². The van der Waals surface area contributed by atoms with E-state index in [1.807, 2.05) is 10.9 Å². The summed E-state index contributed by atoms with van der Waals surface area (Å²) in [6, 6.07) is 2.18. The van der Waals surface area contributed by atoms with Crippen molar-refractivity contribution in [3.8, 4) is 0 Å². The van der Waals surface area contributed by atoms with E-state index in [1.54, 1.807) is 6.20 Å². The van der Waals surface area contributed by atoms with Gasteiger partial charge in [0.2, 0.25) is 0 Å². The predicted octanol–water partition coefficient (Wildman–Crippen LogP) is 1.49. The molecule has 0 saturated heterocycles. The minimum Gasteiger partial charge on any atom is -0.396 e. The van der Waals surface area contributed by atoms with Crippen molar-refractivity contribution in [2.24, 2.45) is 0 Å². The second-order valence-electron chi connectivity index (χ2n) is 4.09. The first-order chi connectivity index (χ1) is 8.22. The Morgan fingerprint density at radius 2 is 2.06 bits per heavy atom. The van der Waals surface area contributed by atoms with Crippen molar-refractivity contribution in [3.05, 3.63) is 29.8 Å². The summed E-state index contributed by atoms with van der Waals surface area (Å²) < 4.78 is 3.92. The van der Waals surface area contributed by atoms with Crippen molar-refractivity contribution in [2.75, 3.05) is 5.73 Å². The van der Waals surface area contributed by atoms with E-state index < -0.39 is 0 Å². The van der Waals surface area contributed by atoms with E-state index in [0.717, 1.165) is 31.6 Å². The summed E-state index contributed by atoms with van der Waals surface area (Å²) >= 11 is 0. The molecule has 17 heavy (non-hydrogen) atoms. The third-order valence-electron chi connectivity index (χ3n) is 2.83. The first-order valence-electron chi connectivity index (χ1n) is 6.06.